The maximum atomic E-state index is 11.0. The van der Waals surface area contributed by atoms with Crippen molar-refractivity contribution in [3.8, 4) is 0 Å². The van der Waals surface area contributed by atoms with E-state index in [0.717, 1.165) is 50.5 Å². The molecule has 0 heterocycles. The van der Waals surface area contributed by atoms with Crippen molar-refractivity contribution in [1.82, 2.24) is 10.6 Å². The average Bonchev–Trinajstić information content (AvgIpc) is 2.57. The van der Waals surface area contributed by atoms with Crippen molar-refractivity contribution in [3.05, 3.63) is 35.4 Å². The number of aliphatic imine (C=N–C) groups is 1. The molecule has 0 aliphatic carbocycles. The summed E-state index contributed by atoms with van der Waals surface area (Å²) in [6.07, 6.45) is 3.22. The molecule has 1 aromatic carbocycles. The lowest BCUT2D eigenvalue weighted by Gasteiger charge is -2.12. The number of ether oxygens (including phenoxy) is 1. The second-order valence-electron chi connectivity index (χ2n) is 5.23. The first-order chi connectivity index (χ1) is 11.2. The number of hydrogen-bond donors (Lipinski definition) is 3. The Hall–Kier alpha value is -2.08. The molecule has 6 nitrogen and oxygen atoms in total. The number of benzene rings is 1. The summed E-state index contributed by atoms with van der Waals surface area (Å²) in [5, 5.41) is 6.47. The summed E-state index contributed by atoms with van der Waals surface area (Å²) in [6, 6.07) is 7.20. The first-order valence-electron chi connectivity index (χ1n) is 8.08. The van der Waals surface area contributed by atoms with Crippen LogP contribution in [0.25, 0.3) is 0 Å². The van der Waals surface area contributed by atoms with E-state index in [1.165, 1.54) is 0 Å². The number of carbonyl (C=O) groups is 1. The molecule has 0 aliphatic rings. The fourth-order valence-electron chi connectivity index (χ4n) is 1.92. The molecule has 0 saturated carbocycles. The Kier molecular flexibility index (Phi) is 9.47. The molecule has 0 aromatic heterocycles. The maximum Gasteiger partial charge on any atom is 0.248 e. The van der Waals surface area contributed by atoms with Crippen molar-refractivity contribution in [2.45, 2.75) is 32.7 Å². The Morgan fingerprint density at radius 1 is 1.17 bits per heavy atom. The predicted octanol–water partition coefficient (Wildman–Crippen LogP) is 1.66. The molecule has 1 amide bonds. The SMILES string of the molecule is CCCCOCCCNC(=NC)NCc1ccc(C(N)=O)cc1. The van der Waals surface area contributed by atoms with E-state index in [9.17, 15) is 4.79 Å². The second kappa shape index (κ2) is 11.5. The van der Waals surface area contributed by atoms with Crippen LogP contribution in [-0.2, 0) is 11.3 Å². The number of primary amides is 1. The van der Waals surface area contributed by atoms with Crippen LogP contribution < -0.4 is 16.4 Å². The highest BCUT2D eigenvalue weighted by atomic mass is 16.5. The summed E-state index contributed by atoms with van der Waals surface area (Å²) in [7, 11) is 1.74. The molecule has 0 atom stereocenters. The van der Waals surface area contributed by atoms with Crippen molar-refractivity contribution in [1.29, 1.82) is 0 Å². The summed E-state index contributed by atoms with van der Waals surface area (Å²) >= 11 is 0. The number of carbonyl (C=O) groups excluding carboxylic acids is 1. The zero-order valence-electron chi connectivity index (χ0n) is 14.1. The molecular weight excluding hydrogens is 292 g/mol. The zero-order chi connectivity index (χ0) is 16.9. The lowest BCUT2D eigenvalue weighted by Crippen LogP contribution is -2.37. The van der Waals surface area contributed by atoms with Crippen LogP contribution in [0.5, 0.6) is 0 Å². The Balaban J connectivity index is 2.22. The number of unbranched alkanes of at least 4 members (excludes halogenated alkanes) is 1. The quantitative estimate of drug-likeness (QED) is 0.347. The summed E-state index contributed by atoms with van der Waals surface area (Å²) < 4.78 is 5.51. The van der Waals surface area contributed by atoms with Gasteiger partial charge in [0, 0.05) is 38.9 Å². The lowest BCUT2D eigenvalue weighted by molar-refractivity contribution is 0.100. The van der Waals surface area contributed by atoms with Gasteiger partial charge in [0.2, 0.25) is 5.91 Å². The Labute approximate surface area is 138 Å². The smallest absolute Gasteiger partial charge is 0.248 e. The minimum atomic E-state index is -0.414. The molecule has 4 N–H and O–H groups in total. The van der Waals surface area contributed by atoms with Crippen molar-refractivity contribution < 1.29 is 9.53 Å². The van der Waals surface area contributed by atoms with Crippen LogP contribution in [-0.4, -0.2) is 38.7 Å². The third-order valence-corrected chi connectivity index (χ3v) is 3.32. The Morgan fingerprint density at radius 3 is 2.48 bits per heavy atom. The van der Waals surface area contributed by atoms with Crippen molar-refractivity contribution in [2.75, 3.05) is 26.8 Å². The van der Waals surface area contributed by atoms with E-state index < -0.39 is 5.91 Å². The van der Waals surface area contributed by atoms with Crippen LogP contribution >= 0.6 is 0 Å². The molecule has 0 fully saturated rings. The number of nitrogens with one attached hydrogen (secondary N) is 2. The number of nitrogens with zero attached hydrogens (tertiary/aromatic N) is 1. The van der Waals surface area contributed by atoms with Gasteiger partial charge in [-0.05, 0) is 30.5 Å². The van der Waals surface area contributed by atoms with Gasteiger partial charge in [0.15, 0.2) is 5.96 Å². The van der Waals surface area contributed by atoms with Gasteiger partial charge in [-0.1, -0.05) is 25.5 Å². The van der Waals surface area contributed by atoms with Crippen LogP contribution in [0.1, 0.15) is 42.1 Å². The fraction of sp³-hybridized carbons (Fsp3) is 0.529. The molecule has 6 heteroatoms. The lowest BCUT2D eigenvalue weighted by atomic mass is 10.1. The van der Waals surface area contributed by atoms with Gasteiger partial charge in [0.05, 0.1) is 0 Å². The van der Waals surface area contributed by atoms with Crippen LogP contribution in [0, 0.1) is 0 Å². The van der Waals surface area contributed by atoms with Crippen LogP contribution in [0.3, 0.4) is 0 Å². The zero-order valence-corrected chi connectivity index (χ0v) is 14.1. The fourth-order valence-corrected chi connectivity index (χ4v) is 1.92. The van der Waals surface area contributed by atoms with E-state index in [1.807, 2.05) is 12.1 Å². The van der Waals surface area contributed by atoms with Gasteiger partial charge in [0.1, 0.15) is 0 Å². The number of amides is 1. The third kappa shape index (κ3) is 8.21. The highest BCUT2D eigenvalue weighted by molar-refractivity contribution is 5.92. The number of guanidine groups is 1. The van der Waals surface area contributed by atoms with E-state index in [0.29, 0.717) is 12.1 Å². The highest BCUT2D eigenvalue weighted by Crippen LogP contribution is 2.03. The van der Waals surface area contributed by atoms with E-state index in [4.69, 9.17) is 10.5 Å². The maximum absolute atomic E-state index is 11.0. The molecule has 0 saturated heterocycles. The summed E-state index contributed by atoms with van der Waals surface area (Å²) in [5.74, 6) is 0.334. The predicted molar refractivity (Wildman–Crippen MR) is 93.5 cm³/mol. The summed E-state index contributed by atoms with van der Waals surface area (Å²) in [4.78, 5) is 15.2. The van der Waals surface area contributed by atoms with Crippen LogP contribution in [0.2, 0.25) is 0 Å². The minimum absolute atomic E-state index is 0.414. The Bertz CT molecular complexity index is 486. The molecule has 0 bridgehead atoms. The molecular formula is C17H28N4O2. The molecule has 0 spiro atoms. The van der Waals surface area contributed by atoms with Crippen LogP contribution in [0.15, 0.2) is 29.3 Å². The van der Waals surface area contributed by atoms with E-state index in [-0.39, 0.29) is 0 Å². The molecule has 0 aliphatic heterocycles. The number of nitrogens with two attached hydrogens (primary N) is 1. The van der Waals surface area contributed by atoms with Crippen molar-refractivity contribution in [2.24, 2.45) is 10.7 Å². The second-order valence-corrected chi connectivity index (χ2v) is 5.23. The molecule has 0 unspecified atom stereocenters. The van der Waals surface area contributed by atoms with Gasteiger partial charge in [-0.3, -0.25) is 9.79 Å². The third-order valence-electron chi connectivity index (χ3n) is 3.32. The number of hydrogen-bond acceptors (Lipinski definition) is 3. The van der Waals surface area contributed by atoms with Gasteiger partial charge >= 0.3 is 0 Å². The van der Waals surface area contributed by atoms with E-state index >= 15 is 0 Å². The molecule has 128 valence electrons. The largest absolute Gasteiger partial charge is 0.381 e. The minimum Gasteiger partial charge on any atom is -0.381 e. The molecule has 23 heavy (non-hydrogen) atoms. The molecule has 0 radical (unpaired) electrons. The molecule has 1 rings (SSSR count). The summed E-state index contributed by atoms with van der Waals surface area (Å²) in [6.45, 7) is 5.20. The van der Waals surface area contributed by atoms with Gasteiger partial charge in [-0.2, -0.15) is 0 Å². The van der Waals surface area contributed by atoms with Crippen molar-refractivity contribution in [3.63, 3.8) is 0 Å². The van der Waals surface area contributed by atoms with Gasteiger partial charge < -0.3 is 21.1 Å². The van der Waals surface area contributed by atoms with E-state index in [2.05, 4.69) is 22.5 Å². The standard InChI is InChI=1S/C17H28N4O2/c1-3-4-11-23-12-5-10-20-17(19-2)21-13-14-6-8-15(9-7-14)16(18)22/h6-9H,3-5,10-13H2,1-2H3,(H2,18,22)(H2,19,20,21). The average molecular weight is 320 g/mol. The van der Waals surface area contributed by atoms with Gasteiger partial charge in [-0.15, -0.1) is 0 Å². The topological polar surface area (TPSA) is 88.7 Å². The van der Waals surface area contributed by atoms with Gasteiger partial charge in [0.25, 0.3) is 0 Å². The number of rotatable bonds is 10. The summed E-state index contributed by atoms with van der Waals surface area (Å²) in [5.41, 5.74) is 6.79. The monoisotopic (exact) mass is 320 g/mol. The Morgan fingerprint density at radius 2 is 1.87 bits per heavy atom. The first-order valence-corrected chi connectivity index (χ1v) is 8.08. The van der Waals surface area contributed by atoms with Crippen molar-refractivity contribution >= 4 is 11.9 Å². The van der Waals surface area contributed by atoms with E-state index in [1.54, 1.807) is 19.2 Å². The highest BCUT2D eigenvalue weighted by Gasteiger charge is 2.01. The first kappa shape index (κ1) is 19.0. The molecule has 1 aromatic rings. The normalized spacial score (nSPS) is 11.3. The van der Waals surface area contributed by atoms with Crippen LogP contribution in [0.4, 0.5) is 0 Å². The van der Waals surface area contributed by atoms with Gasteiger partial charge in [-0.25, -0.2) is 0 Å².